The smallest absolute Gasteiger partial charge is 0.240 e. The van der Waals surface area contributed by atoms with E-state index in [1.165, 1.54) is 11.8 Å². The summed E-state index contributed by atoms with van der Waals surface area (Å²) in [6.07, 6.45) is 0.0814. The van der Waals surface area contributed by atoms with Gasteiger partial charge in [-0.15, -0.1) is 0 Å². The van der Waals surface area contributed by atoms with E-state index in [1.807, 2.05) is 30.3 Å². The van der Waals surface area contributed by atoms with Crippen molar-refractivity contribution in [3.05, 3.63) is 60.2 Å². The molecule has 7 heteroatoms. The number of amides is 2. The summed E-state index contributed by atoms with van der Waals surface area (Å²) in [7, 11) is 1.57. The molecule has 1 saturated heterocycles. The van der Waals surface area contributed by atoms with Crippen LogP contribution in [0, 0.1) is 0 Å². The number of carbonyl (C=O) groups excluding carboxylic acids is 2. The second-order valence-corrected chi connectivity index (χ2v) is 6.88. The molecule has 134 valence electrons. The van der Waals surface area contributed by atoms with Gasteiger partial charge in [-0.25, -0.2) is 0 Å². The molecule has 1 heterocycles. The molecule has 2 aromatic carbocycles. The topological polar surface area (TPSA) is 79.8 Å². The highest BCUT2D eigenvalue weighted by Gasteiger charge is 2.31. The third-order valence-electron chi connectivity index (χ3n) is 3.75. The first-order chi connectivity index (χ1) is 12.6. The predicted molar refractivity (Wildman–Crippen MR) is 103 cm³/mol. The van der Waals surface area contributed by atoms with E-state index in [2.05, 4.69) is 15.6 Å². The van der Waals surface area contributed by atoms with Crippen molar-refractivity contribution in [2.75, 3.05) is 12.4 Å². The number of anilines is 1. The highest BCUT2D eigenvalue weighted by Crippen LogP contribution is 2.24. The third-order valence-corrected chi connectivity index (χ3v) is 4.87. The fraction of sp³-hybridized carbons (Fsp3) is 0.211. The monoisotopic (exact) mass is 369 g/mol. The zero-order chi connectivity index (χ0) is 18.4. The molecule has 2 N–H and O–H groups in total. The van der Waals surface area contributed by atoms with Crippen LogP contribution in [0.3, 0.4) is 0 Å². The van der Waals surface area contributed by atoms with Gasteiger partial charge in [0.1, 0.15) is 11.0 Å². The van der Waals surface area contributed by atoms with Crippen LogP contribution in [0.4, 0.5) is 5.69 Å². The van der Waals surface area contributed by atoms with Gasteiger partial charge in [-0.05, 0) is 17.7 Å². The number of hydrogen-bond donors (Lipinski definition) is 2. The summed E-state index contributed by atoms with van der Waals surface area (Å²) in [5.74, 6) is 0.240. The van der Waals surface area contributed by atoms with Gasteiger partial charge in [-0.2, -0.15) is 0 Å². The van der Waals surface area contributed by atoms with Gasteiger partial charge in [-0.1, -0.05) is 48.2 Å². The summed E-state index contributed by atoms with van der Waals surface area (Å²) >= 11 is 1.29. The van der Waals surface area contributed by atoms with E-state index in [-0.39, 0.29) is 18.2 Å². The molecule has 3 rings (SSSR count). The van der Waals surface area contributed by atoms with Gasteiger partial charge < -0.3 is 15.4 Å². The van der Waals surface area contributed by atoms with E-state index in [0.29, 0.717) is 23.1 Å². The number of carbonyl (C=O) groups is 2. The molecular formula is C19H19N3O3S. The van der Waals surface area contributed by atoms with E-state index in [9.17, 15) is 9.59 Å². The van der Waals surface area contributed by atoms with Gasteiger partial charge in [-0.3, -0.25) is 14.6 Å². The minimum absolute atomic E-state index is 0.0814. The molecular weight excluding hydrogens is 350 g/mol. The van der Waals surface area contributed by atoms with Crippen LogP contribution in [0.5, 0.6) is 5.75 Å². The third kappa shape index (κ3) is 4.86. The molecule has 1 aliphatic heterocycles. The molecule has 2 amide bonds. The summed E-state index contributed by atoms with van der Waals surface area (Å²) in [4.78, 5) is 28.7. The van der Waals surface area contributed by atoms with Crippen molar-refractivity contribution in [3.63, 3.8) is 0 Å². The summed E-state index contributed by atoms with van der Waals surface area (Å²) in [6.45, 7) is 0.492. The van der Waals surface area contributed by atoms with Crippen LogP contribution in [0.1, 0.15) is 12.0 Å². The first-order valence-electron chi connectivity index (χ1n) is 8.14. The van der Waals surface area contributed by atoms with E-state index in [0.717, 1.165) is 5.56 Å². The molecule has 0 aliphatic carbocycles. The van der Waals surface area contributed by atoms with E-state index in [1.54, 1.807) is 31.4 Å². The second kappa shape index (κ2) is 8.53. The molecule has 1 aliphatic rings. The van der Waals surface area contributed by atoms with Crippen LogP contribution in [-0.4, -0.2) is 29.3 Å². The lowest BCUT2D eigenvalue weighted by Crippen LogP contribution is -2.28. The number of thioether (sulfide) groups is 1. The van der Waals surface area contributed by atoms with Gasteiger partial charge in [0, 0.05) is 18.2 Å². The normalized spacial score (nSPS) is 17.8. The Balaban J connectivity index is 1.54. The predicted octanol–water partition coefficient (Wildman–Crippen LogP) is 2.81. The Kier molecular flexibility index (Phi) is 5.91. The van der Waals surface area contributed by atoms with Crippen molar-refractivity contribution in [2.45, 2.75) is 18.2 Å². The molecule has 0 aromatic heterocycles. The van der Waals surface area contributed by atoms with E-state index < -0.39 is 5.25 Å². The first kappa shape index (κ1) is 18.0. The Morgan fingerprint density at radius 1 is 1.23 bits per heavy atom. The van der Waals surface area contributed by atoms with Crippen LogP contribution >= 0.6 is 11.8 Å². The van der Waals surface area contributed by atoms with Gasteiger partial charge in [0.15, 0.2) is 5.17 Å². The summed E-state index contributed by atoms with van der Waals surface area (Å²) in [5, 5.41) is 5.60. The molecule has 1 fully saturated rings. The Bertz CT molecular complexity index is 824. The second-order valence-electron chi connectivity index (χ2n) is 5.69. The maximum atomic E-state index is 12.2. The number of nitrogens with zero attached hydrogens (tertiary/aromatic N) is 1. The fourth-order valence-corrected chi connectivity index (χ4v) is 3.41. The molecule has 0 spiro atoms. The zero-order valence-electron chi connectivity index (χ0n) is 14.3. The van der Waals surface area contributed by atoms with E-state index >= 15 is 0 Å². The number of aliphatic imine (C=N–C) groups is 1. The standard InChI is InChI=1S/C19H19N3O3S/c1-25-15-9-5-8-14(10-15)21-17(23)11-16-18(24)22-19(26-16)20-12-13-6-3-2-4-7-13/h2-10,16H,11-12H2,1H3,(H,21,23)(H,20,22,24)/t16-/m0/s1. The summed E-state index contributed by atoms with van der Waals surface area (Å²) < 4.78 is 5.13. The summed E-state index contributed by atoms with van der Waals surface area (Å²) in [5.41, 5.74) is 1.70. The minimum Gasteiger partial charge on any atom is -0.497 e. The Morgan fingerprint density at radius 2 is 2.04 bits per heavy atom. The van der Waals surface area contributed by atoms with Crippen molar-refractivity contribution < 1.29 is 14.3 Å². The number of hydrogen-bond acceptors (Lipinski definition) is 5. The molecule has 26 heavy (non-hydrogen) atoms. The highest BCUT2D eigenvalue weighted by atomic mass is 32.2. The van der Waals surface area contributed by atoms with Crippen molar-refractivity contribution in [1.29, 1.82) is 0 Å². The average molecular weight is 369 g/mol. The lowest BCUT2D eigenvalue weighted by Gasteiger charge is -2.08. The Morgan fingerprint density at radius 3 is 2.81 bits per heavy atom. The number of rotatable bonds is 6. The number of ether oxygens (including phenoxy) is 1. The minimum atomic E-state index is -0.477. The van der Waals surface area contributed by atoms with Gasteiger partial charge in [0.2, 0.25) is 11.8 Å². The number of amidine groups is 1. The fourth-order valence-electron chi connectivity index (χ4n) is 2.44. The Labute approximate surface area is 156 Å². The largest absolute Gasteiger partial charge is 0.497 e. The van der Waals surface area contributed by atoms with Crippen LogP contribution in [0.25, 0.3) is 0 Å². The molecule has 0 radical (unpaired) electrons. The van der Waals surface area contributed by atoms with E-state index in [4.69, 9.17) is 4.74 Å². The summed E-state index contributed by atoms with van der Waals surface area (Å²) in [6, 6.07) is 16.9. The first-order valence-corrected chi connectivity index (χ1v) is 9.02. The van der Waals surface area contributed by atoms with Gasteiger partial charge in [0.05, 0.1) is 13.7 Å². The number of methoxy groups -OCH3 is 1. The van der Waals surface area contributed by atoms with Crippen LogP contribution in [-0.2, 0) is 16.1 Å². The molecule has 0 saturated carbocycles. The molecule has 1 atom stereocenters. The van der Waals surface area contributed by atoms with Crippen LogP contribution < -0.4 is 15.4 Å². The lowest BCUT2D eigenvalue weighted by atomic mass is 10.2. The molecule has 0 bridgehead atoms. The van der Waals surface area contributed by atoms with Gasteiger partial charge in [0.25, 0.3) is 0 Å². The SMILES string of the molecule is COc1cccc(NC(=O)C[C@@H]2SC(=NCc3ccccc3)NC2=O)c1. The van der Waals surface area contributed by atoms with Crippen molar-refractivity contribution in [3.8, 4) is 5.75 Å². The van der Waals surface area contributed by atoms with Crippen molar-refractivity contribution in [2.24, 2.45) is 4.99 Å². The maximum Gasteiger partial charge on any atom is 0.240 e. The van der Waals surface area contributed by atoms with Crippen molar-refractivity contribution >= 4 is 34.4 Å². The molecule has 0 unspecified atom stereocenters. The van der Waals surface area contributed by atoms with Crippen molar-refractivity contribution in [1.82, 2.24) is 5.32 Å². The number of nitrogens with one attached hydrogen (secondary N) is 2. The highest BCUT2D eigenvalue weighted by molar-refractivity contribution is 8.15. The number of benzene rings is 2. The van der Waals surface area contributed by atoms with Gasteiger partial charge >= 0.3 is 0 Å². The average Bonchev–Trinajstić information content (AvgIpc) is 3.00. The molecule has 2 aromatic rings. The quantitative estimate of drug-likeness (QED) is 0.821. The zero-order valence-corrected chi connectivity index (χ0v) is 15.1. The van der Waals surface area contributed by atoms with Crippen LogP contribution in [0.2, 0.25) is 0 Å². The maximum absolute atomic E-state index is 12.2. The molecule has 6 nitrogen and oxygen atoms in total. The lowest BCUT2D eigenvalue weighted by molar-refractivity contribution is -0.122. The van der Waals surface area contributed by atoms with Crippen LogP contribution in [0.15, 0.2) is 59.6 Å². The Hall–Kier alpha value is -2.80.